The molecule has 2 rings (SSSR count). The molecule has 0 saturated carbocycles. The van der Waals surface area contributed by atoms with Crippen molar-refractivity contribution in [3.8, 4) is 0 Å². The Labute approximate surface area is 182 Å². The third kappa shape index (κ3) is 7.83. The average Bonchev–Trinajstić information content (AvgIpc) is 2.65. The van der Waals surface area contributed by atoms with E-state index < -0.39 is 27.5 Å². The standard InChI is InChI=1S/C21H36N2O4S2/c1-16(19-12-7-8-13-26-19)23-29(25)21(5,6)14-17-10-9-11-18(27-17)15-22-28(24)20(2,3)4/h8,10,13,15-16,18-19,23H,7,9,11-12,14H2,1-6H3. The molecule has 29 heavy (non-hydrogen) atoms. The molecular formula is C21H36N2O4S2. The van der Waals surface area contributed by atoms with Crippen LogP contribution in [0.5, 0.6) is 0 Å². The molecule has 0 bridgehead atoms. The number of hydrogen-bond donors (Lipinski definition) is 1. The highest BCUT2D eigenvalue weighted by Gasteiger charge is 2.38. The van der Waals surface area contributed by atoms with E-state index in [-0.39, 0.29) is 23.0 Å². The van der Waals surface area contributed by atoms with Crippen molar-refractivity contribution in [3.63, 3.8) is 0 Å². The minimum Gasteiger partial charge on any atom is -0.598 e. The van der Waals surface area contributed by atoms with Gasteiger partial charge in [-0.15, -0.1) is 4.72 Å². The molecular weight excluding hydrogens is 408 g/mol. The summed E-state index contributed by atoms with van der Waals surface area (Å²) in [4.78, 5) is 0. The highest BCUT2D eigenvalue weighted by Crippen LogP contribution is 2.30. The van der Waals surface area contributed by atoms with Crippen molar-refractivity contribution in [2.75, 3.05) is 0 Å². The highest BCUT2D eigenvalue weighted by molar-refractivity contribution is 7.91. The van der Waals surface area contributed by atoms with E-state index in [1.165, 1.54) is 0 Å². The molecule has 0 aliphatic carbocycles. The largest absolute Gasteiger partial charge is 0.598 e. The second kappa shape index (κ2) is 10.6. The molecule has 1 N–H and O–H groups in total. The summed E-state index contributed by atoms with van der Waals surface area (Å²) < 4.78 is 43.3. The quantitative estimate of drug-likeness (QED) is 0.450. The van der Waals surface area contributed by atoms with Crippen LogP contribution in [0.2, 0.25) is 0 Å². The van der Waals surface area contributed by atoms with E-state index in [0.717, 1.165) is 31.4 Å². The molecule has 0 aromatic carbocycles. The van der Waals surface area contributed by atoms with Crippen molar-refractivity contribution < 1.29 is 18.6 Å². The van der Waals surface area contributed by atoms with Crippen LogP contribution in [-0.2, 0) is 32.2 Å². The second-order valence-corrected chi connectivity index (χ2v) is 13.1. The molecule has 8 heteroatoms. The zero-order valence-corrected chi connectivity index (χ0v) is 20.1. The van der Waals surface area contributed by atoms with Gasteiger partial charge in [0.1, 0.15) is 33.1 Å². The fraction of sp³-hybridized carbons (Fsp3) is 0.762. The number of rotatable bonds is 8. The van der Waals surface area contributed by atoms with E-state index in [4.69, 9.17) is 9.47 Å². The zero-order chi connectivity index (χ0) is 21.7. The smallest absolute Gasteiger partial charge is 0.146 e. The van der Waals surface area contributed by atoms with Crippen molar-refractivity contribution in [1.82, 2.24) is 4.72 Å². The zero-order valence-electron chi connectivity index (χ0n) is 18.5. The molecule has 2 aliphatic rings. The summed E-state index contributed by atoms with van der Waals surface area (Å²) in [6.45, 7) is 11.6. The van der Waals surface area contributed by atoms with E-state index >= 15 is 0 Å². The second-order valence-electron chi connectivity index (χ2n) is 9.26. The summed E-state index contributed by atoms with van der Waals surface area (Å²) in [7, 11) is 0. The van der Waals surface area contributed by atoms with Crippen LogP contribution >= 0.6 is 0 Å². The van der Waals surface area contributed by atoms with Crippen molar-refractivity contribution in [2.45, 2.75) is 101 Å². The lowest BCUT2D eigenvalue weighted by Gasteiger charge is -2.34. The Hall–Kier alpha value is -0.670. The van der Waals surface area contributed by atoms with Gasteiger partial charge >= 0.3 is 0 Å². The first kappa shape index (κ1) is 24.6. The minimum atomic E-state index is -1.29. The van der Waals surface area contributed by atoms with E-state index in [1.807, 2.05) is 47.6 Å². The molecule has 0 fully saturated rings. The lowest BCUT2D eigenvalue weighted by atomic mass is 10.0. The van der Waals surface area contributed by atoms with Gasteiger partial charge in [-0.2, -0.15) is 0 Å². The Balaban J connectivity index is 1.88. The molecule has 0 aromatic heterocycles. The monoisotopic (exact) mass is 444 g/mol. The van der Waals surface area contributed by atoms with Crippen molar-refractivity contribution in [3.05, 3.63) is 24.2 Å². The summed E-state index contributed by atoms with van der Waals surface area (Å²) >= 11 is -2.55. The first-order valence-electron chi connectivity index (χ1n) is 10.3. The predicted octanol–water partition coefficient (Wildman–Crippen LogP) is 4.09. The number of allylic oxidation sites excluding steroid dienone is 3. The van der Waals surface area contributed by atoms with Gasteiger partial charge in [0.25, 0.3) is 0 Å². The maximum absolute atomic E-state index is 13.0. The summed E-state index contributed by atoms with van der Waals surface area (Å²) in [5.74, 6) is 0.818. The van der Waals surface area contributed by atoms with Crippen molar-refractivity contribution >= 4 is 28.9 Å². The van der Waals surface area contributed by atoms with Crippen LogP contribution in [0.25, 0.3) is 0 Å². The summed E-state index contributed by atoms with van der Waals surface area (Å²) in [6, 6.07) is -0.00595. The summed E-state index contributed by atoms with van der Waals surface area (Å²) in [5, 5.41) is 0. The Morgan fingerprint density at radius 3 is 2.59 bits per heavy atom. The van der Waals surface area contributed by atoms with Crippen molar-refractivity contribution in [1.29, 1.82) is 0 Å². The van der Waals surface area contributed by atoms with Crippen LogP contribution in [-0.4, -0.2) is 43.1 Å². The number of hydrogen-bond acceptors (Lipinski definition) is 6. The molecule has 6 nitrogen and oxygen atoms in total. The Morgan fingerprint density at radius 2 is 1.97 bits per heavy atom. The van der Waals surface area contributed by atoms with Crippen LogP contribution < -0.4 is 4.72 Å². The summed E-state index contributed by atoms with van der Waals surface area (Å²) in [6.07, 6.45) is 11.4. The van der Waals surface area contributed by atoms with Gasteiger partial charge in [0.15, 0.2) is 0 Å². The van der Waals surface area contributed by atoms with Crippen molar-refractivity contribution in [2.24, 2.45) is 4.40 Å². The van der Waals surface area contributed by atoms with Gasteiger partial charge in [-0.1, -0.05) is 4.40 Å². The van der Waals surface area contributed by atoms with Gasteiger partial charge in [-0.25, -0.2) is 0 Å². The van der Waals surface area contributed by atoms with Gasteiger partial charge in [0.05, 0.1) is 30.7 Å². The minimum absolute atomic E-state index is 0.00595. The Morgan fingerprint density at radius 1 is 1.24 bits per heavy atom. The molecule has 5 unspecified atom stereocenters. The van der Waals surface area contributed by atoms with Gasteiger partial charge < -0.3 is 18.6 Å². The lowest BCUT2D eigenvalue weighted by molar-refractivity contribution is 0.0989. The first-order valence-corrected chi connectivity index (χ1v) is 12.5. The van der Waals surface area contributed by atoms with Crippen LogP contribution in [0, 0.1) is 0 Å². The van der Waals surface area contributed by atoms with Crippen LogP contribution in [0.1, 0.15) is 73.6 Å². The SMILES string of the molecule is CC(N[S+]([O-])C(C)(C)CC1=CCCC(C=N[S+]([O-])C(C)(C)C)O1)C1CCC=CO1. The van der Waals surface area contributed by atoms with Crippen LogP contribution in [0.4, 0.5) is 0 Å². The molecule has 5 atom stereocenters. The fourth-order valence-electron chi connectivity index (χ4n) is 3.02. The van der Waals surface area contributed by atoms with E-state index in [1.54, 1.807) is 12.5 Å². The molecule has 166 valence electrons. The number of ether oxygens (including phenoxy) is 2. The highest BCUT2D eigenvalue weighted by atomic mass is 32.2. The Kier molecular flexibility index (Phi) is 8.97. The normalized spacial score (nSPS) is 26.4. The third-order valence-corrected chi connectivity index (χ3v) is 7.99. The summed E-state index contributed by atoms with van der Waals surface area (Å²) in [5.41, 5.74) is 0. The van der Waals surface area contributed by atoms with E-state index in [9.17, 15) is 9.11 Å². The lowest BCUT2D eigenvalue weighted by Crippen LogP contribution is -2.50. The molecule has 0 spiro atoms. The predicted molar refractivity (Wildman–Crippen MR) is 121 cm³/mol. The maximum atomic E-state index is 13.0. The molecule has 2 aliphatic heterocycles. The first-order chi connectivity index (χ1) is 13.5. The molecule has 2 heterocycles. The van der Waals surface area contributed by atoms with Gasteiger partial charge in [-0.05, 0) is 79.4 Å². The molecule has 0 aromatic rings. The third-order valence-electron chi connectivity index (χ3n) is 4.89. The van der Waals surface area contributed by atoms with Gasteiger partial charge in [-0.3, -0.25) is 0 Å². The van der Waals surface area contributed by atoms with Gasteiger partial charge in [0.2, 0.25) is 0 Å². The molecule has 0 amide bonds. The topological polar surface area (TPSA) is 89.0 Å². The van der Waals surface area contributed by atoms with Crippen LogP contribution in [0.15, 0.2) is 28.6 Å². The average molecular weight is 445 g/mol. The van der Waals surface area contributed by atoms with Crippen LogP contribution in [0.3, 0.4) is 0 Å². The fourth-order valence-corrected chi connectivity index (χ4v) is 4.66. The number of nitrogens with one attached hydrogen (secondary N) is 1. The Bertz CT molecular complexity index is 616. The molecule has 0 radical (unpaired) electrons. The van der Waals surface area contributed by atoms with Gasteiger partial charge in [0, 0.05) is 11.4 Å². The van der Waals surface area contributed by atoms with E-state index in [2.05, 4.69) is 15.2 Å². The maximum Gasteiger partial charge on any atom is 0.146 e. The number of nitrogens with zero attached hydrogens (tertiary/aromatic N) is 1. The van der Waals surface area contributed by atoms with E-state index in [0.29, 0.717) is 6.42 Å². The molecule has 0 saturated heterocycles.